The molecule has 8 heteroatoms. The van der Waals surface area contributed by atoms with Crippen molar-refractivity contribution in [2.45, 2.75) is 46.6 Å². The molecule has 0 fully saturated rings. The number of anilines is 1. The third-order valence-electron chi connectivity index (χ3n) is 4.91. The zero-order chi connectivity index (χ0) is 24.5. The number of hydrogen-bond acceptors (Lipinski definition) is 6. The van der Waals surface area contributed by atoms with Gasteiger partial charge < -0.3 is 10.3 Å². The quantitative estimate of drug-likeness (QED) is 0.263. The maximum atomic E-state index is 13.7. The summed E-state index contributed by atoms with van der Waals surface area (Å²) < 4.78 is 13.7. The van der Waals surface area contributed by atoms with Gasteiger partial charge in [-0.05, 0) is 37.6 Å². The second kappa shape index (κ2) is 11.8. The molecule has 0 radical (unpaired) electrons. The number of H-pyrrole nitrogens is 1. The number of imidazole rings is 1. The summed E-state index contributed by atoms with van der Waals surface area (Å²) in [4.78, 5) is 32.5. The Balaban J connectivity index is 0.00000103. The van der Waals surface area contributed by atoms with Crippen LogP contribution in [0.5, 0.6) is 0 Å². The average molecular weight is 461 g/mol. The molecule has 1 unspecified atom stereocenters. The summed E-state index contributed by atoms with van der Waals surface area (Å²) >= 11 is 0. The average Bonchev–Trinajstić information content (AvgIpc) is 3.31. The van der Waals surface area contributed by atoms with E-state index in [1.165, 1.54) is 37.9 Å². The van der Waals surface area contributed by atoms with Crippen molar-refractivity contribution >= 4 is 34.2 Å². The van der Waals surface area contributed by atoms with Crippen LogP contribution in [0.4, 0.5) is 15.9 Å². The first-order chi connectivity index (χ1) is 16.4. The molecule has 4 aromatic rings. The zero-order valence-corrected chi connectivity index (χ0v) is 19.8. The van der Waals surface area contributed by atoms with Crippen molar-refractivity contribution in [2.24, 2.45) is 4.99 Å². The molecule has 0 saturated carbocycles. The molecule has 0 saturated heterocycles. The number of aromatic amines is 1. The van der Waals surface area contributed by atoms with Gasteiger partial charge in [-0.25, -0.2) is 19.3 Å². The fraction of sp³-hybridized carbons (Fsp3) is 0.269. The number of hydrogen-bond donors (Lipinski definition) is 2. The number of carbonyl (C=O) groups excluding carboxylic acids is 1. The van der Waals surface area contributed by atoms with Gasteiger partial charge >= 0.3 is 0 Å². The standard InChI is InChI=1S/C23H21FN6O.C3H8/c1-14(29-23-21-22(26-12-25-21)27-13-28-23)20(10-16-6-4-3-5-7-16)30-19-9-8-17(24)11-18(19)15(2)31;1-3-2/h3-9,11-14H,10H2,1-2H3,(H2,25,26,27,28,29);3H2,1-2H3. The molecule has 176 valence electrons. The minimum atomic E-state index is -0.470. The smallest absolute Gasteiger partial charge is 0.182 e. The molecule has 0 aliphatic rings. The Hall–Kier alpha value is -3.94. The normalized spacial score (nSPS) is 12.1. The van der Waals surface area contributed by atoms with E-state index in [9.17, 15) is 9.18 Å². The van der Waals surface area contributed by atoms with Gasteiger partial charge in [0.25, 0.3) is 0 Å². The molecule has 1 atom stereocenters. The maximum Gasteiger partial charge on any atom is 0.182 e. The van der Waals surface area contributed by atoms with Crippen LogP contribution in [0.3, 0.4) is 0 Å². The molecule has 7 nitrogen and oxygen atoms in total. The van der Waals surface area contributed by atoms with Crippen molar-refractivity contribution < 1.29 is 9.18 Å². The number of nitrogens with zero attached hydrogens (tertiary/aromatic N) is 4. The van der Waals surface area contributed by atoms with E-state index in [4.69, 9.17) is 4.99 Å². The largest absolute Gasteiger partial charge is 0.360 e. The first kappa shape index (κ1) is 24.7. The van der Waals surface area contributed by atoms with E-state index in [-0.39, 0.29) is 17.4 Å². The predicted molar refractivity (Wildman–Crippen MR) is 134 cm³/mol. The molecular weight excluding hydrogens is 431 g/mol. The fourth-order valence-corrected chi connectivity index (χ4v) is 3.30. The summed E-state index contributed by atoms with van der Waals surface area (Å²) in [5, 5.41) is 3.36. The van der Waals surface area contributed by atoms with E-state index in [1.54, 1.807) is 6.33 Å². The highest BCUT2D eigenvalue weighted by Crippen LogP contribution is 2.23. The van der Waals surface area contributed by atoms with Crippen molar-refractivity contribution in [3.63, 3.8) is 0 Å². The van der Waals surface area contributed by atoms with E-state index in [2.05, 4.69) is 39.1 Å². The summed E-state index contributed by atoms with van der Waals surface area (Å²) in [5.74, 6) is -0.114. The van der Waals surface area contributed by atoms with E-state index in [0.29, 0.717) is 29.1 Å². The van der Waals surface area contributed by atoms with Gasteiger partial charge in [0.2, 0.25) is 0 Å². The van der Waals surface area contributed by atoms with Gasteiger partial charge in [-0.1, -0.05) is 50.6 Å². The first-order valence-electron chi connectivity index (χ1n) is 11.2. The van der Waals surface area contributed by atoms with Crippen molar-refractivity contribution in [1.29, 1.82) is 0 Å². The SMILES string of the molecule is CC(=O)c1cc(F)ccc1N=C(Cc1ccccc1)C(C)Nc1ncnc2nc[nH]c12.CCC. The van der Waals surface area contributed by atoms with E-state index in [0.717, 1.165) is 11.3 Å². The van der Waals surface area contributed by atoms with Crippen LogP contribution in [0, 0.1) is 5.82 Å². The molecule has 2 heterocycles. The molecule has 0 aliphatic heterocycles. The minimum Gasteiger partial charge on any atom is -0.360 e. The fourth-order valence-electron chi connectivity index (χ4n) is 3.30. The molecular formula is C26H29FN6O. The number of aliphatic imine (C=N–C) groups is 1. The van der Waals surface area contributed by atoms with Crippen LogP contribution in [-0.4, -0.2) is 37.5 Å². The number of halogens is 1. The van der Waals surface area contributed by atoms with Crippen molar-refractivity contribution in [3.05, 3.63) is 78.1 Å². The van der Waals surface area contributed by atoms with Crippen LogP contribution in [0.25, 0.3) is 11.2 Å². The molecule has 2 N–H and O–H groups in total. The van der Waals surface area contributed by atoms with E-state index in [1.807, 2.05) is 37.3 Å². The molecule has 0 spiro atoms. The van der Waals surface area contributed by atoms with E-state index >= 15 is 0 Å². The molecule has 2 aromatic heterocycles. The van der Waals surface area contributed by atoms with Crippen LogP contribution in [-0.2, 0) is 6.42 Å². The lowest BCUT2D eigenvalue weighted by molar-refractivity contribution is 0.101. The Morgan fingerprint density at radius 1 is 1.12 bits per heavy atom. The van der Waals surface area contributed by atoms with Crippen LogP contribution in [0.2, 0.25) is 0 Å². The minimum absolute atomic E-state index is 0.243. The first-order valence-corrected chi connectivity index (χ1v) is 11.2. The molecule has 0 amide bonds. The Morgan fingerprint density at radius 2 is 1.85 bits per heavy atom. The Kier molecular flexibility index (Phi) is 8.56. The van der Waals surface area contributed by atoms with Crippen molar-refractivity contribution in [2.75, 3.05) is 5.32 Å². The number of nitrogens with one attached hydrogen (secondary N) is 2. The zero-order valence-electron chi connectivity index (χ0n) is 19.8. The van der Waals surface area contributed by atoms with E-state index < -0.39 is 5.82 Å². The van der Waals surface area contributed by atoms with Gasteiger partial charge in [0.15, 0.2) is 17.2 Å². The summed E-state index contributed by atoms with van der Waals surface area (Å²) in [6.45, 7) is 7.62. The molecule has 34 heavy (non-hydrogen) atoms. The van der Waals surface area contributed by atoms with Crippen LogP contribution >= 0.6 is 0 Å². The third kappa shape index (κ3) is 6.31. The highest BCUT2D eigenvalue weighted by atomic mass is 19.1. The second-order valence-corrected chi connectivity index (χ2v) is 7.88. The molecule has 4 rings (SSSR count). The summed E-state index contributed by atoms with van der Waals surface area (Å²) in [6, 6.07) is 13.7. The highest BCUT2D eigenvalue weighted by molar-refractivity contribution is 6.02. The van der Waals surface area contributed by atoms with Gasteiger partial charge in [0.1, 0.15) is 17.7 Å². The van der Waals surface area contributed by atoms with Gasteiger partial charge in [0, 0.05) is 17.7 Å². The monoisotopic (exact) mass is 460 g/mol. The summed E-state index contributed by atoms with van der Waals surface area (Å²) in [7, 11) is 0. The molecule has 0 aliphatic carbocycles. The van der Waals surface area contributed by atoms with Gasteiger partial charge in [-0.15, -0.1) is 0 Å². The number of aromatic nitrogens is 4. The summed E-state index contributed by atoms with van der Waals surface area (Å²) in [5.41, 5.74) is 3.77. The molecule has 0 bridgehead atoms. The number of ketones is 1. The number of Topliss-reactive ketones (excluding diaryl/α,β-unsaturated/α-hetero) is 1. The van der Waals surface area contributed by atoms with Gasteiger partial charge in [-0.2, -0.15) is 0 Å². The van der Waals surface area contributed by atoms with Gasteiger partial charge in [-0.3, -0.25) is 9.79 Å². The third-order valence-corrected chi connectivity index (χ3v) is 4.91. The number of rotatable bonds is 7. The second-order valence-electron chi connectivity index (χ2n) is 7.88. The number of benzene rings is 2. The van der Waals surface area contributed by atoms with Crippen LogP contribution < -0.4 is 5.32 Å². The van der Waals surface area contributed by atoms with Crippen molar-refractivity contribution in [3.8, 4) is 0 Å². The van der Waals surface area contributed by atoms with Crippen LogP contribution in [0.15, 0.2) is 66.2 Å². The topological polar surface area (TPSA) is 95.9 Å². The van der Waals surface area contributed by atoms with Crippen molar-refractivity contribution in [1.82, 2.24) is 19.9 Å². The number of fused-ring (bicyclic) bond motifs is 1. The predicted octanol–water partition coefficient (Wildman–Crippen LogP) is 5.93. The maximum absolute atomic E-state index is 13.7. The lowest BCUT2D eigenvalue weighted by Crippen LogP contribution is -2.28. The highest BCUT2D eigenvalue weighted by Gasteiger charge is 2.17. The summed E-state index contributed by atoms with van der Waals surface area (Å²) in [6.07, 6.45) is 4.80. The Labute approximate surface area is 198 Å². The van der Waals surface area contributed by atoms with Crippen LogP contribution in [0.1, 0.15) is 50.0 Å². The number of carbonyl (C=O) groups is 1. The molecule has 2 aromatic carbocycles. The lowest BCUT2D eigenvalue weighted by atomic mass is 10.0. The Morgan fingerprint density at radius 3 is 2.56 bits per heavy atom. The van der Waals surface area contributed by atoms with Gasteiger partial charge in [0.05, 0.1) is 18.1 Å². The Bertz CT molecular complexity index is 1270. The lowest BCUT2D eigenvalue weighted by Gasteiger charge is -2.18.